The molecule has 116 valence electrons. The van der Waals surface area contributed by atoms with Crippen molar-refractivity contribution in [2.45, 2.75) is 32.7 Å². The number of hydrogen-bond donors (Lipinski definition) is 1. The van der Waals surface area contributed by atoms with Crippen LogP contribution in [0.25, 0.3) is 0 Å². The van der Waals surface area contributed by atoms with E-state index < -0.39 is 0 Å². The van der Waals surface area contributed by atoms with Crippen LogP contribution in [0.4, 0.5) is 5.69 Å². The Morgan fingerprint density at radius 1 is 1.43 bits per heavy atom. The lowest BCUT2D eigenvalue weighted by molar-refractivity contribution is 0.0526. The zero-order valence-corrected chi connectivity index (χ0v) is 13.3. The van der Waals surface area contributed by atoms with E-state index >= 15 is 0 Å². The molecule has 1 heterocycles. The summed E-state index contributed by atoms with van der Waals surface area (Å²) < 4.78 is 5.04. The lowest BCUT2D eigenvalue weighted by Gasteiger charge is -2.33. The molecule has 4 heteroatoms. The average Bonchev–Trinajstić information content (AvgIpc) is 2.48. The third-order valence-electron chi connectivity index (χ3n) is 4.24. The molecule has 1 atom stereocenters. The van der Waals surface area contributed by atoms with Crippen LogP contribution in [0.15, 0.2) is 24.3 Å². The maximum atomic E-state index is 11.8. The Morgan fingerprint density at radius 2 is 2.14 bits per heavy atom. The molecule has 1 fully saturated rings. The minimum atomic E-state index is -0.256. The summed E-state index contributed by atoms with van der Waals surface area (Å²) >= 11 is 0. The van der Waals surface area contributed by atoms with E-state index in [1.165, 1.54) is 25.9 Å². The van der Waals surface area contributed by atoms with E-state index in [-0.39, 0.29) is 5.97 Å². The van der Waals surface area contributed by atoms with Crippen molar-refractivity contribution in [1.29, 1.82) is 0 Å². The van der Waals surface area contributed by atoms with Crippen LogP contribution in [0.5, 0.6) is 0 Å². The van der Waals surface area contributed by atoms with Crippen molar-refractivity contribution in [3.05, 3.63) is 29.8 Å². The highest BCUT2D eigenvalue weighted by Crippen LogP contribution is 2.23. The second-order valence-corrected chi connectivity index (χ2v) is 5.87. The van der Waals surface area contributed by atoms with E-state index in [9.17, 15) is 4.79 Å². The summed E-state index contributed by atoms with van der Waals surface area (Å²) in [6.45, 7) is 6.79. The average molecular weight is 290 g/mol. The molecule has 0 radical (unpaired) electrons. The number of anilines is 1. The normalized spacial score (nSPS) is 18.2. The van der Waals surface area contributed by atoms with Gasteiger partial charge in [-0.05, 0) is 70.9 Å². The molecule has 1 aromatic carbocycles. The summed E-state index contributed by atoms with van der Waals surface area (Å²) in [7, 11) is 2.18. The van der Waals surface area contributed by atoms with E-state index in [1.54, 1.807) is 6.07 Å². The van der Waals surface area contributed by atoms with E-state index in [4.69, 9.17) is 4.74 Å². The zero-order valence-electron chi connectivity index (χ0n) is 13.3. The van der Waals surface area contributed by atoms with Crippen LogP contribution in [-0.4, -0.2) is 43.7 Å². The smallest absolute Gasteiger partial charge is 0.338 e. The maximum Gasteiger partial charge on any atom is 0.338 e. The molecule has 0 bridgehead atoms. The first-order valence-electron chi connectivity index (χ1n) is 7.82. The molecule has 1 N–H and O–H groups in total. The van der Waals surface area contributed by atoms with Gasteiger partial charge in [0.2, 0.25) is 0 Å². The van der Waals surface area contributed by atoms with Crippen molar-refractivity contribution in [1.82, 2.24) is 4.90 Å². The van der Waals surface area contributed by atoms with Crippen molar-refractivity contribution < 1.29 is 9.53 Å². The molecule has 2 rings (SSSR count). The van der Waals surface area contributed by atoms with Gasteiger partial charge in [-0.2, -0.15) is 0 Å². The number of nitrogens with zero attached hydrogens (tertiary/aromatic N) is 1. The van der Waals surface area contributed by atoms with Gasteiger partial charge in [-0.1, -0.05) is 6.07 Å². The number of hydrogen-bond acceptors (Lipinski definition) is 4. The lowest BCUT2D eigenvalue weighted by Crippen LogP contribution is -2.37. The van der Waals surface area contributed by atoms with E-state index in [2.05, 4.69) is 24.2 Å². The Hall–Kier alpha value is -1.55. The third kappa shape index (κ3) is 4.46. The fourth-order valence-corrected chi connectivity index (χ4v) is 2.86. The van der Waals surface area contributed by atoms with E-state index in [1.807, 2.05) is 25.1 Å². The van der Waals surface area contributed by atoms with Crippen LogP contribution in [0.1, 0.15) is 37.0 Å². The van der Waals surface area contributed by atoms with Gasteiger partial charge in [-0.25, -0.2) is 4.79 Å². The van der Waals surface area contributed by atoms with Crippen LogP contribution >= 0.6 is 0 Å². The van der Waals surface area contributed by atoms with Crippen molar-refractivity contribution in [3.63, 3.8) is 0 Å². The summed E-state index contributed by atoms with van der Waals surface area (Å²) in [5.74, 6) is 0.431. The molecule has 0 amide bonds. The highest BCUT2D eigenvalue weighted by atomic mass is 16.5. The first-order chi connectivity index (χ1) is 10.1. The molecule has 1 aromatic rings. The number of ether oxygens (including phenoxy) is 1. The number of piperidine rings is 1. The fourth-order valence-electron chi connectivity index (χ4n) is 2.86. The number of carbonyl (C=O) groups is 1. The van der Waals surface area contributed by atoms with Gasteiger partial charge in [0.15, 0.2) is 0 Å². The first-order valence-corrected chi connectivity index (χ1v) is 7.82. The Labute approximate surface area is 127 Å². The van der Waals surface area contributed by atoms with Crippen LogP contribution in [0.3, 0.4) is 0 Å². The topological polar surface area (TPSA) is 41.6 Å². The van der Waals surface area contributed by atoms with Crippen LogP contribution in [0, 0.1) is 5.92 Å². The fraction of sp³-hybridized carbons (Fsp3) is 0.588. The van der Waals surface area contributed by atoms with Gasteiger partial charge in [0.1, 0.15) is 0 Å². The molecular weight excluding hydrogens is 264 g/mol. The van der Waals surface area contributed by atoms with E-state index in [0.717, 1.165) is 5.69 Å². The number of benzene rings is 1. The van der Waals surface area contributed by atoms with Gasteiger partial charge in [0, 0.05) is 11.7 Å². The molecular formula is C17H26N2O2. The Balaban J connectivity index is 1.96. The molecule has 0 saturated carbocycles. The Morgan fingerprint density at radius 3 is 2.81 bits per heavy atom. The minimum Gasteiger partial charge on any atom is -0.462 e. The molecule has 1 unspecified atom stereocenters. The highest BCUT2D eigenvalue weighted by molar-refractivity contribution is 5.90. The van der Waals surface area contributed by atoms with Gasteiger partial charge >= 0.3 is 5.97 Å². The van der Waals surface area contributed by atoms with E-state index in [0.29, 0.717) is 24.1 Å². The summed E-state index contributed by atoms with van der Waals surface area (Å²) in [5, 5.41) is 3.54. The largest absolute Gasteiger partial charge is 0.462 e. The van der Waals surface area contributed by atoms with Crippen molar-refractivity contribution in [3.8, 4) is 0 Å². The quantitative estimate of drug-likeness (QED) is 0.846. The molecule has 4 nitrogen and oxygen atoms in total. The summed E-state index contributed by atoms with van der Waals surface area (Å²) in [6, 6.07) is 7.99. The van der Waals surface area contributed by atoms with Gasteiger partial charge in [-0.3, -0.25) is 0 Å². The highest BCUT2D eigenvalue weighted by Gasteiger charge is 2.22. The maximum absolute atomic E-state index is 11.8. The van der Waals surface area contributed by atoms with Crippen LogP contribution in [0.2, 0.25) is 0 Å². The molecule has 1 saturated heterocycles. The number of esters is 1. The molecule has 1 aliphatic rings. The minimum absolute atomic E-state index is 0.256. The van der Waals surface area contributed by atoms with Gasteiger partial charge in [0.25, 0.3) is 0 Å². The second kappa shape index (κ2) is 7.46. The van der Waals surface area contributed by atoms with Crippen LogP contribution < -0.4 is 5.32 Å². The van der Waals surface area contributed by atoms with Crippen LogP contribution in [-0.2, 0) is 4.74 Å². The number of rotatable bonds is 5. The Kier molecular flexibility index (Phi) is 5.62. The van der Waals surface area contributed by atoms with Gasteiger partial charge < -0.3 is 15.0 Å². The third-order valence-corrected chi connectivity index (χ3v) is 4.24. The SMILES string of the molecule is CCOC(=O)c1cccc(NC(C)C2CCN(C)CC2)c1. The van der Waals surface area contributed by atoms with Gasteiger partial charge in [-0.15, -0.1) is 0 Å². The lowest BCUT2D eigenvalue weighted by atomic mass is 9.90. The van der Waals surface area contributed by atoms with Crippen molar-refractivity contribution in [2.24, 2.45) is 5.92 Å². The summed E-state index contributed by atoms with van der Waals surface area (Å²) in [5.41, 5.74) is 1.60. The Bertz CT molecular complexity index is 468. The molecule has 21 heavy (non-hydrogen) atoms. The molecule has 0 aromatic heterocycles. The monoisotopic (exact) mass is 290 g/mol. The predicted molar refractivity (Wildman–Crippen MR) is 85.7 cm³/mol. The predicted octanol–water partition coefficient (Wildman–Crippen LogP) is 3.01. The molecule has 0 spiro atoms. The molecule has 1 aliphatic heterocycles. The first kappa shape index (κ1) is 15.8. The molecule has 0 aliphatic carbocycles. The van der Waals surface area contributed by atoms with Crippen molar-refractivity contribution in [2.75, 3.05) is 32.1 Å². The number of likely N-dealkylation sites (tertiary alicyclic amines) is 1. The van der Waals surface area contributed by atoms with Gasteiger partial charge in [0.05, 0.1) is 12.2 Å². The zero-order chi connectivity index (χ0) is 15.2. The number of carbonyl (C=O) groups excluding carboxylic acids is 1. The summed E-state index contributed by atoms with van der Waals surface area (Å²) in [4.78, 5) is 14.1. The second-order valence-electron chi connectivity index (χ2n) is 5.87. The standard InChI is InChI=1S/C17H26N2O2/c1-4-21-17(20)15-6-5-7-16(12-15)18-13(2)14-8-10-19(3)11-9-14/h5-7,12-14,18H,4,8-11H2,1-3H3. The van der Waals surface area contributed by atoms with Crippen molar-refractivity contribution >= 4 is 11.7 Å². The summed E-state index contributed by atoms with van der Waals surface area (Å²) in [6.07, 6.45) is 2.45. The number of nitrogens with one attached hydrogen (secondary N) is 1.